The highest BCUT2D eigenvalue weighted by molar-refractivity contribution is 7.99. The summed E-state index contributed by atoms with van der Waals surface area (Å²) in [4.78, 5) is 51.6. The number of carbonyl (C=O) groups is 3. The lowest BCUT2D eigenvalue weighted by atomic mass is 10.1. The number of non-ortho nitro benzene ring substituents is 1. The van der Waals surface area contributed by atoms with Gasteiger partial charge in [0.25, 0.3) is 11.6 Å². The third-order valence-corrected chi connectivity index (χ3v) is 6.01. The van der Waals surface area contributed by atoms with Gasteiger partial charge in [0.05, 0.1) is 34.0 Å². The van der Waals surface area contributed by atoms with Crippen molar-refractivity contribution in [2.24, 2.45) is 0 Å². The van der Waals surface area contributed by atoms with E-state index in [2.05, 4.69) is 0 Å². The zero-order valence-electron chi connectivity index (χ0n) is 17.9. The highest BCUT2D eigenvalue weighted by Gasteiger charge is 2.29. The molecule has 3 aromatic rings. The predicted molar refractivity (Wildman–Crippen MR) is 123 cm³/mol. The number of hydrogen-bond acceptors (Lipinski definition) is 8. The number of nitro groups is 1. The van der Waals surface area contributed by atoms with Crippen LogP contribution in [-0.2, 0) is 14.3 Å². The molecule has 0 radical (unpaired) electrons. The van der Waals surface area contributed by atoms with Crippen LogP contribution in [0.4, 0.5) is 17.1 Å². The average Bonchev–Trinajstić information content (AvgIpc) is 2.85. The molecule has 0 saturated heterocycles. The van der Waals surface area contributed by atoms with E-state index in [9.17, 15) is 24.5 Å². The van der Waals surface area contributed by atoms with Crippen LogP contribution in [0.5, 0.6) is 0 Å². The molecule has 34 heavy (non-hydrogen) atoms. The van der Waals surface area contributed by atoms with Crippen LogP contribution >= 0.6 is 11.8 Å². The fourth-order valence-corrected chi connectivity index (χ4v) is 4.47. The van der Waals surface area contributed by atoms with Gasteiger partial charge in [0.2, 0.25) is 0 Å². The quantitative estimate of drug-likeness (QED) is 0.283. The van der Waals surface area contributed by atoms with Gasteiger partial charge in [-0.25, -0.2) is 9.59 Å². The van der Waals surface area contributed by atoms with E-state index in [-0.39, 0.29) is 17.7 Å². The van der Waals surface area contributed by atoms with E-state index in [1.807, 2.05) is 24.3 Å². The number of carbonyl (C=O) groups excluding carboxylic acids is 3. The van der Waals surface area contributed by atoms with Gasteiger partial charge < -0.3 is 9.47 Å². The van der Waals surface area contributed by atoms with Gasteiger partial charge in [-0.1, -0.05) is 36.0 Å². The molecule has 172 valence electrons. The number of amides is 1. The van der Waals surface area contributed by atoms with Crippen molar-refractivity contribution >= 4 is 46.7 Å². The third-order valence-electron chi connectivity index (χ3n) is 4.88. The highest BCUT2D eigenvalue weighted by Crippen LogP contribution is 2.47. The molecule has 1 amide bonds. The van der Waals surface area contributed by atoms with E-state index in [1.54, 1.807) is 31.2 Å². The van der Waals surface area contributed by atoms with Gasteiger partial charge >= 0.3 is 11.9 Å². The summed E-state index contributed by atoms with van der Waals surface area (Å²) in [5.41, 5.74) is 0.449. The molecule has 0 saturated carbocycles. The van der Waals surface area contributed by atoms with Gasteiger partial charge in [0, 0.05) is 21.9 Å². The van der Waals surface area contributed by atoms with Crippen molar-refractivity contribution < 1.29 is 28.8 Å². The van der Waals surface area contributed by atoms with Crippen molar-refractivity contribution in [1.29, 1.82) is 0 Å². The largest absolute Gasteiger partial charge is 0.462 e. The van der Waals surface area contributed by atoms with Gasteiger partial charge in [-0.3, -0.25) is 19.8 Å². The topological polar surface area (TPSA) is 116 Å². The normalized spacial score (nSPS) is 11.7. The molecule has 3 aromatic carbocycles. The molecular weight excluding hydrogens is 460 g/mol. The highest BCUT2D eigenvalue weighted by atomic mass is 32.2. The summed E-state index contributed by atoms with van der Waals surface area (Å²) in [7, 11) is 0. The average molecular weight is 478 g/mol. The van der Waals surface area contributed by atoms with E-state index < -0.39 is 35.1 Å². The molecule has 0 aliphatic carbocycles. The number of benzene rings is 3. The summed E-state index contributed by atoms with van der Waals surface area (Å²) in [5, 5.41) is 11.3. The Morgan fingerprint density at radius 3 is 1.94 bits per heavy atom. The first-order chi connectivity index (χ1) is 16.4. The number of anilines is 2. The van der Waals surface area contributed by atoms with E-state index in [4.69, 9.17) is 9.47 Å². The van der Waals surface area contributed by atoms with Crippen molar-refractivity contribution in [3.8, 4) is 0 Å². The second kappa shape index (κ2) is 9.75. The molecule has 1 aliphatic rings. The minimum Gasteiger partial charge on any atom is -0.462 e. The molecule has 0 atom stereocenters. The van der Waals surface area contributed by atoms with Gasteiger partial charge in [-0.15, -0.1) is 0 Å². The second-order valence-electron chi connectivity index (χ2n) is 7.09. The maximum atomic E-state index is 13.2. The first kappa shape index (κ1) is 23.0. The van der Waals surface area contributed by atoms with Crippen LogP contribution in [0.25, 0.3) is 0 Å². The van der Waals surface area contributed by atoms with Crippen molar-refractivity contribution in [3.63, 3.8) is 0 Å². The van der Waals surface area contributed by atoms with Gasteiger partial charge in [0.1, 0.15) is 0 Å². The first-order valence-corrected chi connectivity index (χ1v) is 11.0. The molecule has 0 spiro atoms. The minimum atomic E-state index is -0.976. The number of ether oxygens (including phenoxy) is 2. The SMILES string of the molecule is CCOC(=O)c1cc(C(=O)OCC(=O)N2c3ccccc3Sc3ccccc32)cc([N+](=O)[O-])c1. The Bertz CT molecular complexity index is 1260. The molecule has 0 bridgehead atoms. The van der Waals surface area contributed by atoms with Crippen molar-refractivity contribution in [2.45, 2.75) is 16.7 Å². The monoisotopic (exact) mass is 478 g/mol. The summed E-state index contributed by atoms with van der Waals surface area (Å²) in [5.74, 6) is -2.28. The Hall–Kier alpha value is -4.18. The van der Waals surface area contributed by atoms with Gasteiger partial charge in [0.15, 0.2) is 6.61 Å². The summed E-state index contributed by atoms with van der Waals surface area (Å²) in [6.07, 6.45) is 0. The van der Waals surface area contributed by atoms with E-state index >= 15 is 0 Å². The minimum absolute atomic E-state index is 0.0624. The summed E-state index contributed by atoms with van der Waals surface area (Å²) >= 11 is 1.53. The van der Waals surface area contributed by atoms with E-state index in [1.165, 1.54) is 16.7 Å². The number of para-hydroxylation sites is 2. The van der Waals surface area contributed by atoms with Crippen LogP contribution in [0.15, 0.2) is 76.5 Å². The lowest BCUT2D eigenvalue weighted by Crippen LogP contribution is -2.32. The molecule has 9 nitrogen and oxygen atoms in total. The maximum absolute atomic E-state index is 13.2. The smallest absolute Gasteiger partial charge is 0.338 e. The molecule has 0 aromatic heterocycles. The number of nitro benzene ring substituents is 1. The summed E-state index contributed by atoms with van der Waals surface area (Å²) in [6.45, 7) is 1.04. The maximum Gasteiger partial charge on any atom is 0.338 e. The number of fused-ring (bicyclic) bond motifs is 2. The Labute approximate surface area is 198 Å². The fourth-order valence-electron chi connectivity index (χ4n) is 3.42. The number of nitrogens with zero attached hydrogens (tertiary/aromatic N) is 2. The summed E-state index contributed by atoms with van der Waals surface area (Å²) in [6, 6.07) is 17.9. The Morgan fingerprint density at radius 1 is 0.882 bits per heavy atom. The Kier molecular flexibility index (Phi) is 6.60. The van der Waals surface area contributed by atoms with Crippen LogP contribution in [-0.4, -0.2) is 36.0 Å². The van der Waals surface area contributed by atoms with Gasteiger partial charge in [-0.2, -0.15) is 0 Å². The zero-order valence-corrected chi connectivity index (χ0v) is 18.7. The van der Waals surface area contributed by atoms with Crippen LogP contribution in [0, 0.1) is 10.1 Å². The lowest BCUT2D eigenvalue weighted by Gasteiger charge is -2.30. The molecule has 0 fully saturated rings. The molecular formula is C24H18N2O7S. The first-order valence-electron chi connectivity index (χ1n) is 10.2. The van der Waals surface area contributed by atoms with Crippen molar-refractivity contribution in [1.82, 2.24) is 0 Å². The van der Waals surface area contributed by atoms with Crippen molar-refractivity contribution in [3.05, 3.63) is 88.0 Å². The van der Waals surface area contributed by atoms with E-state index in [0.717, 1.165) is 28.0 Å². The zero-order chi connectivity index (χ0) is 24.2. The molecule has 10 heteroatoms. The van der Waals surface area contributed by atoms with E-state index in [0.29, 0.717) is 11.4 Å². The van der Waals surface area contributed by atoms with Crippen molar-refractivity contribution in [2.75, 3.05) is 18.1 Å². The number of esters is 2. The third kappa shape index (κ3) is 4.62. The lowest BCUT2D eigenvalue weighted by molar-refractivity contribution is -0.384. The van der Waals surface area contributed by atoms with Crippen LogP contribution in [0.2, 0.25) is 0 Å². The number of hydrogen-bond donors (Lipinski definition) is 0. The molecule has 1 heterocycles. The Morgan fingerprint density at radius 2 is 1.41 bits per heavy atom. The fraction of sp³-hybridized carbons (Fsp3) is 0.125. The number of rotatable bonds is 6. The molecule has 1 aliphatic heterocycles. The second-order valence-corrected chi connectivity index (χ2v) is 8.17. The predicted octanol–water partition coefficient (Wildman–Crippen LogP) is 4.76. The van der Waals surface area contributed by atoms with Gasteiger partial charge in [-0.05, 0) is 37.3 Å². The summed E-state index contributed by atoms with van der Waals surface area (Å²) < 4.78 is 10.1. The van der Waals surface area contributed by atoms with Crippen LogP contribution in [0.3, 0.4) is 0 Å². The molecule has 0 N–H and O–H groups in total. The van der Waals surface area contributed by atoms with Crippen LogP contribution in [0.1, 0.15) is 27.6 Å². The molecule has 0 unspecified atom stereocenters. The molecule has 4 rings (SSSR count). The van der Waals surface area contributed by atoms with Crippen LogP contribution < -0.4 is 4.90 Å². The Balaban J connectivity index is 1.57. The standard InChI is InChI=1S/C24H18N2O7S/c1-2-32-23(28)15-11-16(13-17(12-15)26(30)31)24(29)33-14-22(27)25-18-7-3-5-9-20(18)34-21-10-6-4-8-19(21)25/h3-13H,2,14H2,1H3.